The summed E-state index contributed by atoms with van der Waals surface area (Å²) in [5.74, 6) is -1.31. The summed E-state index contributed by atoms with van der Waals surface area (Å²) in [6, 6.07) is 0.182. The Kier molecular flexibility index (Phi) is 3.64. The van der Waals surface area contributed by atoms with E-state index in [0.717, 1.165) is 30.5 Å². The maximum Gasteiger partial charge on any atom is 0.405 e. The first-order valence-electron chi connectivity index (χ1n) is 6.60. The molecule has 0 aromatic rings. The number of hydrogen-bond acceptors (Lipinski definition) is 3. The highest BCUT2D eigenvalue weighted by atomic mass is 16.5. The first-order valence-corrected chi connectivity index (χ1v) is 6.60. The molecule has 2 aliphatic heterocycles. The second-order valence-electron chi connectivity index (χ2n) is 4.98. The van der Waals surface area contributed by atoms with Crippen LogP contribution in [0.15, 0.2) is 11.6 Å². The minimum Gasteiger partial charge on any atom is -0.465 e. The Morgan fingerprint density at radius 2 is 2.28 bits per heavy atom. The molecule has 0 saturated carbocycles. The van der Waals surface area contributed by atoms with Crippen LogP contribution in [-0.4, -0.2) is 34.8 Å². The van der Waals surface area contributed by atoms with Crippen LogP contribution in [0.2, 0.25) is 0 Å². The maximum atomic E-state index is 12.4. The SMILES string of the molecule is CCOC(=O)C1C=C(C)C2=[N+](C1=O)C(C)CCC2. The van der Waals surface area contributed by atoms with Crippen LogP contribution in [0.1, 0.15) is 40.0 Å². The van der Waals surface area contributed by atoms with Gasteiger partial charge in [-0.2, -0.15) is 4.58 Å². The van der Waals surface area contributed by atoms with Crippen molar-refractivity contribution in [2.75, 3.05) is 6.61 Å². The van der Waals surface area contributed by atoms with Crippen molar-refractivity contribution in [2.45, 2.75) is 46.1 Å². The van der Waals surface area contributed by atoms with Crippen LogP contribution in [0, 0.1) is 5.92 Å². The Morgan fingerprint density at radius 3 is 2.94 bits per heavy atom. The first-order chi connectivity index (χ1) is 8.56. The molecule has 0 spiro atoms. The van der Waals surface area contributed by atoms with Crippen molar-refractivity contribution in [3.05, 3.63) is 11.6 Å². The van der Waals surface area contributed by atoms with Gasteiger partial charge in [0.1, 0.15) is 0 Å². The van der Waals surface area contributed by atoms with Gasteiger partial charge in [0.05, 0.1) is 6.61 Å². The van der Waals surface area contributed by atoms with Gasteiger partial charge >= 0.3 is 11.9 Å². The van der Waals surface area contributed by atoms with E-state index in [9.17, 15) is 9.59 Å². The quantitative estimate of drug-likeness (QED) is 0.425. The zero-order valence-electron chi connectivity index (χ0n) is 11.2. The van der Waals surface area contributed by atoms with E-state index in [1.807, 2.05) is 13.8 Å². The third kappa shape index (κ3) is 2.11. The monoisotopic (exact) mass is 250 g/mol. The lowest BCUT2D eigenvalue weighted by molar-refractivity contribution is -0.493. The van der Waals surface area contributed by atoms with Crippen LogP contribution in [-0.2, 0) is 14.3 Å². The highest BCUT2D eigenvalue weighted by Gasteiger charge is 2.44. The van der Waals surface area contributed by atoms with E-state index in [1.54, 1.807) is 17.6 Å². The van der Waals surface area contributed by atoms with Gasteiger partial charge in [0, 0.05) is 18.4 Å². The van der Waals surface area contributed by atoms with Gasteiger partial charge in [-0.3, -0.25) is 4.79 Å². The third-order valence-electron chi connectivity index (χ3n) is 3.68. The molecule has 2 atom stereocenters. The molecule has 0 aliphatic carbocycles. The average Bonchev–Trinajstić information content (AvgIpc) is 2.33. The van der Waals surface area contributed by atoms with Crippen LogP contribution in [0.25, 0.3) is 0 Å². The number of esters is 1. The third-order valence-corrected chi connectivity index (χ3v) is 3.68. The largest absolute Gasteiger partial charge is 0.465 e. The van der Waals surface area contributed by atoms with E-state index in [1.165, 1.54) is 0 Å². The fourth-order valence-corrected chi connectivity index (χ4v) is 2.79. The summed E-state index contributed by atoms with van der Waals surface area (Å²) < 4.78 is 6.78. The van der Waals surface area contributed by atoms with Gasteiger partial charge in [-0.25, -0.2) is 4.79 Å². The molecule has 2 unspecified atom stereocenters. The summed E-state index contributed by atoms with van der Waals surface area (Å²) in [5.41, 5.74) is 2.12. The molecule has 0 N–H and O–H groups in total. The lowest BCUT2D eigenvalue weighted by atomic mass is 9.90. The predicted molar refractivity (Wildman–Crippen MR) is 67.5 cm³/mol. The summed E-state index contributed by atoms with van der Waals surface area (Å²) in [4.78, 5) is 24.2. The van der Waals surface area contributed by atoms with Crippen LogP contribution in [0.3, 0.4) is 0 Å². The Hall–Kier alpha value is -1.45. The Bertz CT molecular complexity index is 448. The van der Waals surface area contributed by atoms with E-state index >= 15 is 0 Å². The molecule has 18 heavy (non-hydrogen) atoms. The first kappa shape index (κ1) is 13.0. The molecule has 98 valence electrons. The summed E-state index contributed by atoms with van der Waals surface area (Å²) in [6.45, 7) is 6.07. The standard InChI is InChI=1S/C14H20NO3/c1-4-18-14(17)11-8-9(2)12-7-5-6-10(3)15(12)13(11)16/h8,10-11H,4-7H2,1-3H3/q+1. The zero-order valence-corrected chi connectivity index (χ0v) is 11.2. The minimum absolute atomic E-state index is 0.124. The summed E-state index contributed by atoms with van der Waals surface area (Å²) in [6.07, 6.45) is 4.78. The lowest BCUT2D eigenvalue weighted by Crippen LogP contribution is -2.46. The van der Waals surface area contributed by atoms with Crippen LogP contribution in [0.5, 0.6) is 0 Å². The molecule has 0 radical (unpaired) electrons. The van der Waals surface area contributed by atoms with Crippen molar-refractivity contribution in [1.82, 2.24) is 0 Å². The minimum atomic E-state index is -0.755. The Labute approximate surface area is 107 Å². The molecule has 2 rings (SSSR count). The number of allylic oxidation sites excluding steroid dienone is 1. The highest BCUT2D eigenvalue weighted by molar-refractivity contribution is 6.07. The Balaban J connectivity index is 2.34. The second kappa shape index (κ2) is 5.04. The smallest absolute Gasteiger partial charge is 0.405 e. The number of rotatable bonds is 2. The molecule has 4 heteroatoms. The van der Waals surface area contributed by atoms with Gasteiger partial charge in [-0.1, -0.05) is 0 Å². The van der Waals surface area contributed by atoms with Gasteiger partial charge < -0.3 is 4.74 Å². The molecule has 0 aromatic heterocycles. The number of ether oxygens (including phenoxy) is 1. The number of nitrogens with zero attached hydrogens (tertiary/aromatic N) is 1. The molecule has 2 aliphatic rings. The average molecular weight is 250 g/mol. The van der Waals surface area contributed by atoms with Crippen molar-refractivity contribution in [2.24, 2.45) is 5.92 Å². The van der Waals surface area contributed by atoms with E-state index < -0.39 is 11.9 Å². The molecule has 2 heterocycles. The second-order valence-corrected chi connectivity index (χ2v) is 4.98. The van der Waals surface area contributed by atoms with Crippen molar-refractivity contribution in [3.8, 4) is 0 Å². The molecular weight excluding hydrogens is 230 g/mol. The fraction of sp³-hybridized carbons (Fsp3) is 0.643. The fourth-order valence-electron chi connectivity index (χ4n) is 2.79. The highest BCUT2D eigenvalue weighted by Crippen LogP contribution is 2.25. The summed E-state index contributed by atoms with van der Waals surface area (Å²) in [5, 5.41) is 0. The molecular formula is C14H20NO3+. The molecule has 1 amide bonds. The van der Waals surface area contributed by atoms with Crippen LogP contribution in [0.4, 0.5) is 0 Å². The van der Waals surface area contributed by atoms with E-state index in [-0.39, 0.29) is 11.9 Å². The number of hydrogen-bond donors (Lipinski definition) is 0. The topological polar surface area (TPSA) is 46.4 Å². The number of amides is 1. The molecule has 0 bridgehead atoms. The van der Waals surface area contributed by atoms with E-state index in [0.29, 0.717) is 6.61 Å². The lowest BCUT2D eigenvalue weighted by Gasteiger charge is -2.24. The van der Waals surface area contributed by atoms with E-state index in [2.05, 4.69) is 0 Å². The number of carbonyl (C=O) groups excluding carboxylic acids is 2. The maximum absolute atomic E-state index is 12.4. The predicted octanol–water partition coefficient (Wildman–Crippen LogP) is 1.68. The molecule has 4 nitrogen and oxygen atoms in total. The van der Waals surface area contributed by atoms with Crippen molar-refractivity contribution in [3.63, 3.8) is 0 Å². The van der Waals surface area contributed by atoms with E-state index in [4.69, 9.17) is 4.74 Å². The van der Waals surface area contributed by atoms with Gasteiger partial charge in [0.2, 0.25) is 5.92 Å². The van der Waals surface area contributed by atoms with Gasteiger partial charge in [-0.15, -0.1) is 0 Å². The summed E-state index contributed by atoms with van der Waals surface area (Å²) >= 11 is 0. The molecule has 0 aromatic carbocycles. The van der Waals surface area contributed by atoms with Crippen molar-refractivity contribution in [1.29, 1.82) is 0 Å². The molecule has 0 saturated heterocycles. The van der Waals surface area contributed by atoms with Crippen molar-refractivity contribution >= 4 is 17.6 Å². The summed E-state index contributed by atoms with van der Waals surface area (Å²) in [7, 11) is 0. The van der Waals surface area contributed by atoms with Gasteiger partial charge in [0.15, 0.2) is 11.8 Å². The number of carbonyl (C=O) groups is 2. The van der Waals surface area contributed by atoms with Crippen LogP contribution < -0.4 is 0 Å². The van der Waals surface area contributed by atoms with Gasteiger partial charge in [-0.05, 0) is 33.3 Å². The zero-order chi connectivity index (χ0) is 13.3. The molecule has 0 fully saturated rings. The Morgan fingerprint density at radius 1 is 1.56 bits per heavy atom. The normalized spacial score (nSPS) is 27.7. The van der Waals surface area contributed by atoms with Crippen molar-refractivity contribution < 1.29 is 18.9 Å². The van der Waals surface area contributed by atoms with Crippen LogP contribution >= 0.6 is 0 Å². The van der Waals surface area contributed by atoms with Gasteiger partial charge in [0.25, 0.3) is 0 Å².